The molecular weight excluding hydrogens is 282 g/mol. The number of ketones is 1. The van der Waals surface area contributed by atoms with Crippen LogP contribution in [-0.4, -0.2) is 30.8 Å². The van der Waals surface area contributed by atoms with Crippen LogP contribution in [-0.2, 0) is 25.5 Å². The van der Waals surface area contributed by atoms with Crippen molar-refractivity contribution in [1.29, 1.82) is 0 Å². The second-order valence-electron chi connectivity index (χ2n) is 5.59. The normalized spacial score (nSPS) is 11.8. The first-order valence-electron chi connectivity index (χ1n) is 7.39. The standard InChI is InChI=1S/C17H23NO4/c1-12(2)11-14(17(21)22-3)18-16(20)15(19)10-9-13-7-5-4-6-8-13/h4-8,12,14H,9-11H2,1-3H3,(H,18,20). The number of carbonyl (C=O) groups is 3. The molecule has 1 atom stereocenters. The number of amides is 1. The predicted octanol–water partition coefficient (Wildman–Crippen LogP) is 1.89. The van der Waals surface area contributed by atoms with Gasteiger partial charge in [-0.3, -0.25) is 9.59 Å². The van der Waals surface area contributed by atoms with Gasteiger partial charge in [-0.25, -0.2) is 4.79 Å². The van der Waals surface area contributed by atoms with Crippen LogP contribution in [0.3, 0.4) is 0 Å². The van der Waals surface area contributed by atoms with Crippen molar-refractivity contribution >= 4 is 17.7 Å². The molecule has 5 nitrogen and oxygen atoms in total. The first-order valence-corrected chi connectivity index (χ1v) is 7.39. The highest BCUT2D eigenvalue weighted by atomic mass is 16.5. The maximum absolute atomic E-state index is 11.9. The molecular formula is C17H23NO4. The number of hydrogen-bond donors (Lipinski definition) is 1. The molecule has 0 bridgehead atoms. The number of rotatable bonds is 8. The molecule has 5 heteroatoms. The van der Waals surface area contributed by atoms with Crippen molar-refractivity contribution in [2.24, 2.45) is 5.92 Å². The summed E-state index contributed by atoms with van der Waals surface area (Å²) in [6.07, 6.45) is 1.05. The minimum atomic E-state index is -0.779. The fraction of sp³-hybridized carbons (Fsp3) is 0.471. The summed E-state index contributed by atoms with van der Waals surface area (Å²) in [6.45, 7) is 3.86. The fourth-order valence-corrected chi connectivity index (χ4v) is 2.08. The van der Waals surface area contributed by atoms with Gasteiger partial charge in [-0.1, -0.05) is 44.2 Å². The highest BCUT2D eigenvalue weighted by Gasteiger charge is 2.25. The van der Waals surface area contributed by atoms with Gasteiger partial charge in [0.2, 0.25) is 5.78 Å². The largest absolute Gasteiger partial charge is 0.467 e. The summed E-state index contributed by atoms with van der Waals surface area (Å²) in [5, 5.41) is 2.47. The van der Waals surface area contributed by atoms with E-state index in [0.717, 1.165) is 5.56 Å². The van der Waals surface area contributed by atoms with Gasteiger partial charge in [0.05, 0.1) is 7.11 Å². The number of methoxy groups -OCH3 is 1. The van der Waals surface area contributed by atoms with Crippen LogP contribution >= 0.6 is 0 Å². The van der Waals surface area contributed by atoms with Crippen molar-refractivity contribution in [2.45, 2.75) is 39.2 Å². The van der Waals surface area contributed by atoms with E-state index in [1.807, 2.05) is 44.2 Å². The van der Waals surface area contributed by atoms with Gasteiger partial charge in [0.15, 0.2) is 0 Å². The van der Waals surface area contributed by atoms with Gasteiger partial charge in [-0.2, -0.15) is 0 Å². The van der Waals surface area contributed by atoms with Crippen LogP contribution in [0.25, 0.3) is 0 Å². The Hall–Kier alpha value is -2.17. The second kappa shape index (κ2) is 8.97. The van der Waals surface area contributed by atoms with Crippen LogP contribution in [0.2, 0.25) is 0 Å². The summed E-state index contributed by atoms with van der Waals surface area (Å²) in [7, 11) is 1.26. The van der Waals surface area contributed by atoms with E-state index in [4.69, 9.17) is 0 Å². The zero-order chi connectivity index (χ0) is 16.5. The zero-order valence-corrected chi connectivity index (χ0v) is 13.3. The number of ether oxygens (including phenoxy) is 1. The predicted molar refractivity (Wildman–Crippen MR) is 83.2 cm³/mol. The molecule has 1 aromatic carbocycles. The molecule has 1 amide bonds. The Bertz CT molecular complexity index is 511. The Morgan fingerprint density at radius 1 is 1.14 bits per heavy atom. The van der Waals surface area contributed by atoms with Crippen molar-refractivity contribution in [3.63, 3.8) is 0 Å². The van der Waals surface area contributed by atoms with Crippen LogP contribution in [0.1, 0.15) is 32.3 Å². The van der Waals surface area contributed by atoms with Crippen molar-refractivity contribution in [3.05, 3.63) is 35.9 Å². The molecule has 0 aliphatic heterocycles. The van der Waals surface area contributed by atoms with Gasteiger partial charge in [0.25, 0.3) is 5.91 Å². The van der Waals surface area contributed by atoms with Crippen LogP contribution < -0.4 is 5.32 Å². The molecule has 0 spiro atoms. The lowest BCUT2D eigenvalue weighted by Crippen LogP contribution is -2.45. The van der Waals surface area contributed by atoms with Crippen molar-refractivity contribution in [1.82, 2.24) is 5.32 Å². The molecule has 0 heterocycles. The highest BCUT2D eigenvalue weighted by Crippen LogP contribution is 2.07. The number of esters is 1. The van der Waals surface area contributed by atoms with E-state index in [1.165, 1.54) is 7.11 Å². The van der Waals surface area contributed by atoms with E-state index in [-0.39, 0.29) is 12.3 Å². The average Bonchev–Trinajstić information content (AvgIpc) is 2.51. The van der Waals surface area contributed by atoms with E-state index in [2.05, 4.69) is 10.1 Å². The minimum Gasteiger partial charge on any atom is -0.467 e. The second-order valence-corrected chi connectivity index (χ2v) is 5.59. The minimum absolute atomic E-state index is 0.116. The van der Waals surface area contributed by atoms with E-state index in [9.17, 15) is 14.4 Å². The van der Waals surface area contributed by atoms with Crippen LogP contribution in [0.4, 0.5) is 0 Å². The van der Waals surface area contributed by atoms with Crippen molar-refractivity contribution in [2.75, 3.05) is 7.11 Å². The SMILES string of the molecule is COC(=O)C(CC(C)C)NC(=O)C(=O)CCc1ccccc1. The Labute approximate surface area is 131 Å². The monoisotopic (exact) mass is 305 g/mol. The van der Waals surface area contributed by atoms with Gasteiger partial charge in [-0.05, 0) is 24.3 Å². The summed E-state index contributed by atoms with van der Waals surface area (Å²) < 4.78 is 4.66. The van der Waals surface area contributed by atoms with Crippen LogP contribution in [0.15, 0.2) is 30.3 Å². The average molecular weight is 305 g/mol. The maximum atomic E-state index is 11.9. The van der Waals surface area contributed by atoms with Gasteiger partial charge < -0.3 is 10.1 Å². The third kappa shape index (κ3) is 6.08. The maximum Gasteiger partial charge on any atom is 0.328 e. The molecule has 1 aromatic rings. The number of carbonyl (C=O) groups excluding carboxylic acids is 3. The first kappa shape index (κ1) is 17.9. The quantitative estimate of drug-likeness (QED) is 0.588. The molecule has 1 rings (SSSR count). The van der Waals surface area contributed by atoms with E-state index >= 15 is 0 Å². The van der Waals surface area contributed by atoms with Gasteiger partial charge in [0, 0.05) is 6.42 Å². The molecule has 0 aromatic heterocycles. The number of Topliss-reactive ketones (excluding diaryl/α,β-unsaturated/α-hetero) is 1. The fourth-order valence-electron chi connectivity index (χ4n) is 2.08. The lowest BCUT2D eigenvalue weighted by Gasteiger charge is -2.17. The molecule has 120 valence electrons. The highest BCUT2D eigenvalue weighted by molar-refractivity contribution is 6.36. The molecule has 0 aliphatic carbocycles. The van der Waals surface area contributed by atoms with Crippen molar-refractivity contribution in [3.8, 4) is 0 Å². The molecule has 1 unspecified atom stereocenters. The molecule has 22 heavy (non-hydrogen) atoms. The molecule has 1 N–H and O–H groups in total. The Balaban J connectivity index is 2.53. The lowest BCUT2D eigenvalue weighted by molar-refractivity contribution is -0.147. The summed E-state index contributed by atoms with van der Waals surface area (Å²) in [5.74, 6) is -1.59. The summed E-state index contributed by atoms with van der Waals surface area (Å²) in [4.78, 5) is 35.4. The third-order valence-corrected chi connectivity index (χ3v) is 3.23. The Morgan fingerprint density at radius 2 is 1.77 bits per heavy atom. The summed E-state index contributed by atoms with van der Waals surface area (Å²) in [6, 6.07) is 8.69. The third-order valence-electron chi connectivity index (χ3n) is 3.23. The topological polar surface area (TPSA) is 72.5 Å². The zero-order valence-electron chi connectivity index (χ0n) is 13.3. The van der Waals surface area contributed by atoms with Gasteiger partial charge in [-0.15, -0.1) is 0 Å². The molecule has 0 fully saturated rings. The van der Waals surface area contributed by atoms with E-state index < -0.39 is 23.7 Å². The first-order chi connectivity index (χ1) is 10.4. The molecule has 0 saturated heterocycles. The Kier molecular flexibility index (Phi) is 7.29. The number of hydrogen-bond acceptors (Lipinski definition) is 4. The Morgan fingerprint density at radius 3 is 2.32 bits per heavy atom. The number of aryl methyl sites for hydroxylation is 1. The van der Waals surface area contributed by atoms with Crippen molar-refractivity contribution < 1.29 is 19.1 Å². The molecule has 0 aliphatic rings. The number of nitrogens with one attached hydrogen (secondary N) is 1. The summed E-state index contributed by atoms with van der Waals surface area (Å²) >= 11 is 0. The summed E-state index contributed by atoms with van der Waals surface area (Å²) in [5.41, 5.74) is 0.996. The van der Waals surface area contributed by atoms with Crippen LogP contribution in [0, 0.1) is 5.92 Å². The van der Waals surface area contributed by atoms with Gasteiger partial charge >= 0.3 is 5.97 Å². The number of benzene rings is 1. The lowest BCUT2D eigenvalue weighted by atomic mass is 10.0. The van der Waals surface area contributed by atoms with E-state index in [0.29, 0.717) is 12.8 Å². The smallest absolute Gasteiger partial charge is 0.328 e. The molecule has 0 saturated carbocycles. The van der Waals surface area contributed by atoms with Crippen LogP contribution in [0.5, 0.6) is 0 Å². The van der Waals surface area contributed by atoms with E-state index in [1.54, 1.807) is 0 Å². The molecule has 0 radical (unpaired) electrons. The van der Waals surface area contributed by atoms with Gasteiger partial charge in [0.1, 0.15) is 6.04 Å².